The molecular formula is C25H35F3N6O6S2. The zero-order valence-electron chi connectivity index (χ0n) is 24.1. The molecule has 17 heteroatoms. The Balaban J connectivity index is 2.06. The molecule has 0 spiro atoms. The summed E-state index contributed by atoms with van der Waals surface area (Å²) in [5.41, 5.74) is 0.394. The smallest absolute Gasteiger partial charge is 0.394 e. The first-order chi connectivity index (χ1) is 19.6. The van der Waals surface area contributed by atoms with Gasteiger partial charge in [-0.15, -0.1) is 0 Å². The van der Waals surface area contributed by atoms with E-state index in [1.807, 2.05) is 5.32 Å². The first-order valence-electron chi connectivity index (χ1n) is 12.6. The van der Waals surface area contributed by atoms with E-state index in [-0.39, 0.29) is 37.9 Å². The van der Waals surface area contributed by atoms with Crippen LogP contribution in [0.5, 0.6) is 0 Å². The number of rotatable bonds is 13. The van der Waals surface area contributed by atoms with Crippen molar-refractivity contribution in [1.82, 2.24) is 19.8 Å². The normalized spacial score (nSPS) is 18.9. The molecule has 2 heterocycles. The number of hydrogen-bond donors (Lipinski definition) is 2. The lowest BCUT2D eigenvalue weighted by Crippen LogP contribution is -2.42. The summed E-state index contributed by atoms with van der Waals surface area (Å²) in [6.07, 6.45) is -3.78. The molecule has 1 saturated heterocycles. The number of hydrogen-bond acceptors (Lipinski definition) is 11. The highest BCUT2D eigenvalue weighted by atomic mass is 33.1. The number of carbonyl (C=O) groups is 1. The number of aliphatic hydroxyl groups excluding tert-OH is 1. The van der Waals surface area contributed by atoms with Crippen molar-refractivity contribution < 1.29 is 37.4 Å². The van der Waals surface area contributed by atoms with Crippen molar-refractivity contribution in [2.75, 3.05) is 39.8 Å². The summed E-state index contributed by atoms with van der Waals surface area (Å²) < 4.78 is 49.1. The van der Waals surface area contributed by atoms with Gasteiger partial charge in [-0.2, -0.15) is 18.2 Å². The molecule has 234 valence electrons. The van der Waals surface area contributed by atoms with E-state index in [1.54, 1.807) is 46.7 Å². The molecule has 1 aromatic rings. The number of alkyl halides is 3. The van der Waals surface area contributed by atoms with E-state index in [4.69, 9.17) is 14.3 Å². The van der Waals surface area contributed by atoms with Crippen molar-refractivity contribution in [3.05, 3.63) is 22.2 Å². The third kappa shape index (κ3) is 11.8. The molecule has 2 rings (SSSR count). The minimum Gasteiger partial charge on any atom is -0.394 e. The van der Waals surface area contributed by atoms with Gasteiger partial charge in [-0.25, -0.2) is 9.79 Å². The van der Waals surface area contributed by atoms with E-state index in [1.165, 1.54) is 38.7 Å². The average Bonchev–Trinajstić information content (AvgIpc) is 3.31. The Morgan fingerprint density at radius 3 is 2.71 bits per heavy atom. The molecule has 1 aliphatic heterocycles. The van der Waals surface area contributed by atoms with Gasteiger partial charge in [0.25, 0.3) is 0 Å². The number of amides is 1. The second kappa shape index (κ2) is 16.2. The Labute approximate surface area is 249 Å². The Morgan fingerprint density at radius 1 is 1.38 bits per heavy atom. The molecule has 0 bridgehead atoms. The molecular weight excluding hydrogens is 601 g/mol. The SMILES string of the molecule is CC(C)=NOC1C[C@H](n2cc(C#CCOCSSC(C)(C)CNC(=O)C(F)(F)F)c(/N=C/N(C)C)nc2=O)O[C@@H]1CO. The van der Waals surface area contributed by atoms with Crippen LogP contribution in [0.3, 0.4) is 0 Å². The maximum atomic E-state index is 12.9. The molecule has 1 fully saturated rings. The number of aliphatic imine (C=N–C) groups is 1. The second-order valence-electron chi connectivity index (χ2n) is 10.0. The molecule has 1 aliphatic rings. The number of nitrogens with zero attached hydrogens (tertiary/aromatic N) is 5. The Morgan fingerprint density at radius 2 is 2.10 bits per heavy atom. The monoisotopic (exact) mass is 636 g/mol. The molecule has 0 aliphatic carbocycles. The van der Waals surface area contributed by atoms with E-state index in [0.717, 1.165) is 0 Å². The Bertz CT molecular complexity index is 1240. The van der Waals surface area contributed by atoms with Crippen LogP contribution in [0.4, 0.5) is 19.0 Å². The van der Waals surface area contributed by atoms with Crippen molar-refractivity contribution in [2.24, 2.45) is 10.1 Å². The number of aromatic nitrogens is 2. The minimum absolute atomic E-state index is 0.00552. The summed E-state index contributed by atoms with van der Waals surface area (Å²) in [4.78, 5) is 39.3. The van der Waals surface area contributed by atoms with Crippen LogP contribution in [0, 0.1) is 11.8 Å². The molecule has 0 aromatic carbocycles. The second-order valence-corrected chi connectivity index (χ2v) is 13.0. The summed E-state index contributed by atoms with van der Waals surface area (Å²) >= 11 is 0. The highest BCUT2D eigenvalue weighted by molar-refractivity contribution is 8.77. The van der Waals surface area contributed by atoms with Gasteiger partial charge in [0.15, 0.2) is 11.9 Å². The van der Waals surface area contributed by atoms with Crippen molar-refractivity contribution in [1.29, 1.82) is 0 Å². The van der Waals surface area contributed by atoms with E-state index >= 15 is 0 Å². The molecule has 1 amide bonds. The van der Waals surface area contributed by atoms with Crippen molar-refractivity contribution in [3.63, 3.8) is 0 Å². The number of halogens is 3. The Kier molecular flexibility index (Phi) is 13.6. The number of ether oxygens (including phenoxy) is 2. The highest BCUT2D eigenvalue weighted by Crippen LogP contribution is 2.35. The fourth-order valence-corrected chi connectivity index (χ4v) is 5.34. The van der Waals surface area contributed by atoms with Crippen LogP contribution in [0.25, 0.3) is 0 Å². The third-order valence-electron chi connectivity index (χ3n) is 5.13. The zero-order valence-corrected chi connectivity index (χ0v) is 25.7. The molecule has 0 radical (unpaired) electrons. The lowest BCUT2D eigenvalue weighted by Gasteiger charge is -2.23. The average molecular weight is 637 g/mol. The van der Waals surface area contributed by atoms with Crippen molar-refractivity contribution in [2.45, 2.75) is 63.5 Å². The van der Waals surface area contributed by atoms with Gasteiger partial charge in [0.1, 0.15) is 24.9 Å². The summed E-state index contributed by atoms with van der Waals surface area (Å²) in [5, 5.41) is 15.5. The molecule has 1 aromatic heterocycles. The summed E-state index contributed by atoms with van der Waals surface area (Å²) in [7, 11) is 6.03. The molecule has 2 N–H and O–H groups in total. The van der Waals surface area contributed by atoms with E-state index in [2.05, 4.69) is 27.0 Å². The van der Waals surface area contributed by atoms with Gasteiger partial charge in [-0.1, -0.05) is 38.6 Å². The van der Waals surface area contributed by atoms with E-state index < -0.39 is 41.0 Å². The quantitative estimate of drug-likeness (QED) is 0.0632. The zero-order chi connectivity index (χ0) is 31.5. The fraction of sp³-hybridized carbons (Fsp3) is 0.640. The molecule has 42 heavy (non-hydrogen) atoms. The maximum absolute atomic E-state index is 12.9. The topological polar surface area (TPSA) is 140 Å². The predicted octanol–water partition coefficient (Wildman–Crippen LogP) is 2.69. The molecule has 1 unspecified atom stereocenters. The number of nitrogens with one attached hydrogen (secondary N) is 1. The molecule has 12 nitrogen and oxygen atoms in total. The van der Waals surface area contributed by atoms with E-state index in [9.17, 15) is 27.9 Å². The van der Waals surface area contributed by atoms with Crippen molar-refractivity contribution in [3.8, 4) is 11.8 Å². The fourth-order valence-electron chi connectivity index (χ4n) is 3.21. The van der Waals surface area contributed by atoms with Gasteiger partial charge in [0.05, 0.1) is 24.2 Å². The first kappa shape index (κ1) is 35.4. The lowest BCUT2D eigenvalue weighted by molar-refractivity contribution is -0.173. The van der Waals surface area contributed by atoms with E-state index in [0.29, 0.717) is 11.3 Å². The van der Waals surface area contributed by atoms with Crippen LogP contribution in [0.1, 0.15) is 45.9 Å². The summed E-state index contributed by atoms with van der Waals surface area (Å²) in [5.74, 6) is 4.04. The van der Waals surface area contributed by atoms with Crippen LogP contribution in [-0.2, 0) is 19.1 Å². The van der Waals surface area contributed by atoms with Gasteiger partial charge >= 0.3 is 17.8 Å². The standard InChI is InChI=1S/C25H35F3N6O6S2/c1-16(2)32-40-18-10-20(39-19(18)12-35)34-11-17(21(31-23(34)37)30-14-33(5)6)8-7-9-38-15-41-42-24(3,4)13-29-22(36)25(26,27)28/h11,14,18-20,35H,9-10,12-13,15H2,1-6H3,(H,29,36)/b30-14+/t18?,19-,20-/m1/s1. The minimum atomic E-state index is -4.93. The first-order valence-corrected chi connectivity index (χ1v) is 14.9. The summed E-state index contributed by atoms with van der Waals surface area (Å²) in [6.45, 7) is 6.42. The van der Waals surface area contributed by atoms with Gasteiger partial charge in [-0.3, -0.25) is 9.36 Å². The number of carbonyl (C=O) groups excluding carboxylic acids is 1. The van der Waals surface area contributed by atoms with Crippen LogP contribution < -0.4 is 11.0 Å². The van der Waals surface area contributed by atoms with Gasteiger partial charge in [-0.05, 0) is 27.7 Å². The largest absolute Gasteiger partial charge is 0.471 e. The summed E-state index contributed by atoms with van der Waals surface area (Å²) in [6, 6.07) is 0. The number of oxime groups is 1. The lowest BCUT2D eigenvalue weighted by atomic mass is 10.2. The predicted molar refractivity (Wildman–Crippen MR) is 156 cm³/mol. The Hall–Kier alpha value is -2.78. The third-order valence-corrected chi connectivity index (χ3v) is 8.10. The van der Waals surface area contributed by atoms with Gasteiger partial charge in [0.2, 0.25) is 0 Å². The van der Waals surface area contributed by atoms with Crippen LogP contribution in [0.15, 0.2) is 21.1 Å². The van der Waals surface area contributed by atoms with Crippen LogP contribution in [0.2, 0.25) is 0 Å². The van der Waals surface area contributed by atoms with Crippen LogP contribution in [-0.4, -0.2) is 100 Å². The van der Waals surface area contributed by atoms with Gasteiger partial charge in [0, 0.05) is 38.0 Å². The van der Waals surface area contributed by atoms with Crippen LogP contribution >= 0.6 is 21.6 Å². The van der Waals surface area contributed by atoms with Crippen molar-refractivity contribution >= 4 is 45.4 Å². The molecule has 0 saturated carbocycles. The highest BCUT2D eigenvalue weighted by Gasteiger charge is 2.40. The maximum Gasteiger partial charge on any atom is 0.471 e. The van der Waals surface area contributed by atoms with Gasteiger partial charge < -0.3 is 29.6 Å². The molecule has 3 atom stereocenters. The number of aliphatic hydroxyl groups is 1.